The van der Waals surface area contributed by atoms with E-state index in [-0.39, 0.29) is 17.6 Å². The topological polar surface area (TPSA) is 66.8 Å². The highest BCUT2D eigenvalue weighted by Gasteiger charge is 2.29. The summed E-state index contributed by atoms with van der Waals surface area (Å²) < 4.78 is 32.5. The molecular formula is C14H21NO4S. The minimum absolute atomic E-state index is 0.103. The van der Waals surface area contributed by atoms with E-state index >= 15 is 0 Å². The predicted molar refractivity (Wildman–Crippen MR) is 75.9 cm³/mol. The molecule has 1 N–H and O–H groups in total. The second-order valence-corrected chi connectivity index (χ2v) is 7.06. The highest BCUT2D eigenvalue weighted by Crippen LogP contribution is 2.23. The van der Waals surface area contributed by atoms with E-state index in [4.69, 9.17) is 4.74 Å². The van der Waals surface area contributed by atoms with Gasteiger partial charge in [0.05, 0.1) is 17.6 Å². The molecule has 0 aromatic heterocycles. The SMILES string of the molecule is Cc1ccc(CO)cc1S(=O)(=O)N1CCCOC(C)C1. The highest BCUT2D eigenvalue weighted by molar-refractivity contribution is 7.89. The van der Waals surface area contributed by atoms with Gasteiger partial charge in [0.15, 0.2) is 0 Å². The summed E-state index contributed by atoms with van der Waals surface area (Å²) in [5.74, 6) is 0. The summed E-state index contributed by atoms with van der Waals surface area (Å²) in [7, 11) is -3.54. The summed E-state index contributed by atoms with van der Waals surface area (Å²) in [5, 5.41) is 9.19. The summed E-state index contributed by atoms with van der Waals surface area (Å²) in [6, 6.07) is 5.03. The fourth-order valence-electron chi connectivity index (χ4n) is 2.33. The zero-order valence-electron chi connectivity index (χ0n) is 11.9. The standard InChI is InChI=1S/C14H21NO4S/c1-11-4-5-13(10-16)8-14(11)20(17,18)15-6-3-7-19-12(2)9-15/h4-5,8,12,16H,3,6-7,9-10H2,1-2H3. The summed E-state index contributed by atoms with van der Waals surface area (Å²) in [6.07, 6.45) is 0.594. The van der Waals surface area contributed by atoms with Crippen LogP contribution in [0.4, 0.5) is 0 Å². The van der Waals surface area contributed by atoms with Crippen molar-refractivity contribution >= 4 is 10.0 Å². The van der Waals surface area contributed by atoms with Gasteiger partial charge in [-0.05, 0) is 37.5 Å². The number of ether oxygens (including phenoxy) is 1. The first kappa shape index (κ1) is 15.4. The largest absolute Gasteiger partial charge is 0.392 e. The van der Waals surface area contributed by atoms with Crippen LogP contribution in [0.1, 0.15) is 24.5 Å². The van der Waals surface area contributed by atoms with E-state index in [1.165, 1.54) is 4.31 Å². The Hall–Kier alpha value is -0.950. The molecule has 1 aromatic carbocycles. The lowest BCUT2D eigenvalue weighted by molar-refractivity contribution is 0.0752. The van der Waals surface area contributed by atoms with E-state index in [9.17, 15) is 13.5 Å². The first-order valence-corrected chi connectivity index (χ1v) is 8.21. The third-order valence-electron chi connectivity index (χ3n) is 3.47. The van der Waals surface area contributed by atoms with Crippen LogP contribution in [0.3, 0.4) is 0 Å². The molecule has 6 heteroatoms. The van der Waals surface area contributed by atoms with Crippen molar-refractivity contribution in [1.82, 2.24) is 4.31 Å². The number of nitrogens with zero attached hydrogens (tertiary/aromatic N) is 1. The number of sulfonamides is 1. The van der Waals surface area contributed by atoms with Crippen LogP contribution in [0.2, 0.25) is 0 Å². The Morgan fingerprint density at radius 1 is 1.45 bits per heavy atom. The Kier molecular flexibility index (Phi) is 4.80. The van der Waals surface area contributed by atoms with E-state index in [1.807, 2.05) is 6.92 Å². The van der Waals surface area contributed by atoms with Crippen LogP contribution in [-0.2, 0) is 21.4 Å². The molecule has 1 aliphatic heterocycles. The van der Waals surface area contributed by atoms with Crippen LogP contribution >= 0.6 is 0 Å². The molecule has 1 unspecified atom stereocenters. The molecule has 1 aromatic rings. The minimum atomic E-state index is -3.54. The number of hydrogen-bond acceptors (Lipinski definition) is 4. The first-order valence-electron chi connectivity index (χ1n) is 6.77. The predicted octanol–water partition coefficient (Wildman–Crippen LogP) is 1.29. The second kappa shape index (κ2) is 6.22. The molecule has 0 radical (unpaired) electrons. The molecule has 0 saturated carbocycles. The van der Waals surface area contributed by atoms with Crippen molar-refractivity contribution in [1.29, 1.82) is 0 Å². The van der Waals surface area contributed by atoms with E-state index in [1.54, 1.807) is 25.1 Å². The number of aryl methyl sites for hydroxylation is 1. The van der Waals surface area contributed by atoms with Crippen molar-refractivity contribution in [3.8, 4) is 0 Å². The lowest BCUT2D eigenvalue weighted by Gasteiger charge is -2.23. The van der Waals surface area contributed by atoms with Gasteiger partial charge in [0.2, 0.25) is 10.0 Å². The van der Waals surface area contributed by atoms with Crippen molar-refractivity contribution in [2.45, 2.75) is 37.9 Å². The van der Waals surface area contributed by atoms with Crippen LogP contribution in [-0.4, -0.2) is 43.6 Å². The third kappa shape index (κ3) is 3.20. The molecule has 2 rings (SSSR count). The Labute approximate surface area is 120 Å². The lowest BCUT2D eigenvalue weighted by Crippen LogP contribution is -2.36. The summed E-state index contributed by atoms with van der Waals surface area (Å²) in [6.45, 7) is 4.91. The molecular weight excluding hydrogens is 278 g/mol. The Bertz CT molecular complexity index is 571. The summed E-state index contributed by atoms with van der Waals surface area (Å²) in [5.41, 5.74) is 1.30. The number of aliphatic hydroxyl groups is 1. The quantitative estimate of drug-likeness (QED) is 0.913. The maximum atomic E-state index is 12.8. The fourth-order valence-corrected chi connectivity index (χ4v) is 4.16. The number of rotatable bonds is 3. The van der Waals surface area contributed by atoms with Crippen LogP contribution < -0.4 is 0 Å². The number of aliphatic hydroxyl groups excluding tert-OH is 1. The van der Waals surface area contributed by atoms with Gasteiger partial charge in [-0.25, -0.2) is 8.42 Å². The summed E-state index contributed by atoms with van der Waals surface area (Å²) in [4.78, 5) is 0.276. The van der Waals surface area contributed by atoms with E-state index < -0.39 is 10.0 Å². The van der Waals surface area contributed by atoms with Gasteiger partial charge in [0.25, 0.3) is 0 Å². The molecule has 0 amide bonds. The van der Waals surface area contributed by atoms with Crippen molar-refractivity contribution in [2.24, 2.45) is 0 Å². The lowest BCUT2D eigenvalue weighted by atomic mass is 10.2. The number of benzene rings is 1. The Balaban J connectivity index is 2.38. The molecule has 1 aliphatic rings. The van der Waals surface area contributed by atoms with Crippen LogP contribution in [0.25, 0.3) is 0 Å². The average Bonchev–Trinajstić information content (AvgIpc) is 2.64. The van der Waals surface area contributed by atoms with Gasteiger partial charge in [-0.2, -0.15) is 4.31 Å². The molecule has 1 saturated heterocycles. The van der Waals surface area contributed by atoms with Gasteiger partial charge in [-0.3, -0.25) is 0 Å². The summed E-state index contributed by atoms with van der Waals surface area (Å²) >= 11 is 0. The van der Waals surface area contributed by atoms with Gasteiger partial charge in [-0.1, -0.05) is 12.1 Å². The molecule has 20 heavy (non-hydrogen) atoms. The first-order chi connectivity index (χ1) is 9.45. The smallest absolute Gasteiger partial charge is 0.243 e. The fraction of sp³-hybridized carbons (Fsp3) is 0.571. The van der Waals surface area contributed by atoms with E-state index in [0.717, 1.165) is 0 Å². The van der Waals surface area contributed by atoms with Crippen molar-refractivity contribution in [3.05, 3.63) is 29.3 Å². The minimum Gasteiger partial charge on any atom is -0.392 e. The molecule has 0 spiro atoms. The van der Waals surface area contributed by atoms with Gasteiger partial charge in [0.1, 0.15) is 0 Å². The Morgan fingerprint density at radius 3 is 2.90 bits per heavy atom. The molecule has 5 nitrogen and oxygen atoms in total. The van der Waals surface area contributed by atoms with Gasteiger partial charge < -0.3 is 9.84 Å². The van der Waals surface area contributed by atoms with Crippen LogP contribution in [0, 0.1) is 6.92 Å². The van der Waals surface area contributed by atoms with Gasteiger partial charge in [0, 0.05) is 19.7 Å². The zero-order valence-corrected chi connectivity index (χ0v) is 12.7. The molecule has 0 aliphatic carbocycles. The van der Waals surface area contributed by atoms with Crippen LogP contribution in [0.5, 0.6) is 0 Å². The maximum absolute atomic E-state index is 12.8. The molecule has 0 bridgehead atoms. The molecule has 1 atom stereocenters. The maximum Gasteiger partial charge on any atom is 0.243 e. The Morgan fingerprint density at radius 2 is 2.20 bits per heavy atom. The van der Waals surface area contributed by atoms with Gasteiger partial charge >= 0.3 is 0 Å². The van der Waals surface area contributed by atoms with Crippen molar-refractivity contribution in [2.75, 3.05) is 19.7 Å². The van der Waals surface area contributed by atoms with Crippen LogP contribution in [0.15, 0.2) is 23.1 Å². The highest BCUT2D eigenvalue weighted by atomic mass is 32.2. The average molecular weight is 299 g/mol. The zero-order chi connectivity index (χ0) is 14.8. The van der Waals surface area contributed by atoms with Crippen molar-refractivity contribution in [3.63, 3.8) is 0 Å². The second-order valence-electron chi connectivity index (χ2n) is 5.16. The third-order valence-corrected chi connectivity index (χ3v) is 5.48. The monoisotopic (exact) mass is 299 g/mol. The van der Waals surface area contributed by atoms with Gasteiger partial charge in [-0.15, -0.1) is 0 Å². The van der Waals surface area contributed by atoms with E-state index in [2.05, 4.69) is 0 Å². The van der Waals surface area contributed by atoms with Crippen molar-refractivity contribution < 1.29 is 18.3 Å². The number of hydrogen-bond donors (Lipinski definition) is 1. The molecule has 112 valence electrons. The molecule has 1 fully saturated rings. The van der Waals surface area contributed by atoms with E-state index in [0.29, 0.717) is 37.2 Å². The molecule has 1 heterocycles. The normalized spacial score (nSPS) is 21.6.